The van der Waals surface area contributed by atoms with E-state index in [4.69, 9.17) is 23.2 Å². The smallest absolute Gasteiger partial charge is 0.227 e. The molecule has 28 heavy (non-hydrogen) atoms. The number of aliphatic imine (C=N–C) groups is 1. The summed E-state index contributed by atoms with van der Waals surface area (Å²) in [6, 6.07) is 7.29. The Bertz CT molecular complexity index is 824. The minimum atomic E-state index is -0.113. The zero-order chi connectivity index (χ0) is 19.8. The van der Waals surface area contributed by atoms with E-state index in [2.05, 4.69) is 25.9 Å². The molecule has 2 aromatic heterocycles. The van der Waals surface area contributed by atoms with Crippen LogP contribution in [0, 0.1) is 6.92 Å². The Morgan fingerprint density at radius 1 is 1.29 bits per heavy atom. The summed E-state index contributed by atoms with van der Waals surface area (Å²) in [5, 5.41) is 10.1. The average molecular weight is 539 g/mol. The molecular formula is C18H25Cl2IN6O. The first kappa shape index (κ1) is 24.5. The van der Waals surface area contributed by atoms with Crippen LogP contribution in [0.2, 0.25) is 10.2 Å². The standard InChI is InChI=1S/C18H24Cl2N6O.HI/c1-4-21-18(23-11-13-10-14(19)17(20)26(13)3)22-9-8-16(27)25-15-7-5-6-12(2)24-15;/h5-7,10H,4,8-9,11H2,1-3H3,(H2,21,22,23)(H,24,25,27);1H. The van der Waals surface area contributed by atoms with Crippen molar-refractivity contribution in [2.24, 2.45) is 12.0 Å². The minimum absolute atomic E-state index is 0. The van der Waals surface area contributed by atoms with Gasteiger partial charge in [0.15, 0.2) is 5.96 Å². The van der Waals surface area contributed by atoms with Crippen LogP contribution in [0.15, 0.2) is 29.3 Å². The SMILES string of the molecule is CCNC(=NCc1cc(Cl)c(Cl)n1C)NCCC(=O)Nc1cccc(C)n1.I. The Hall–Kier alpha value is -1.52. The molecule has 0 saturated carbocycles. The van der Waals surface area contributed by atoms with E-state index in [-0.39, 0.29) is 29.9 Å². The van der Waals surface area contributed by atoms with Gasteiger partial charge >= 0.3 is 0 Å². The number of nitrogens with zero attached hydrogens (tertiary/aromatic N) is 3. The van der Waals surface area contributed by atoms with Gasteiger partial charge < -0.3 is 20.5 Å². The molecule has 10 heteroatoms. The Labute approximate surface area is 192 Å². The number of halogens is 3. The number of aromatic nitrogens is 2. The number of aryl methyl sites for hydroxylation is 1. The fourth-order valence-corrected chi connectivity index (χ4v) is 2.77. The Morgan fingerprint density at radius 3 is 2.64 bits per heavy atom. The van der Waals surface area contributed by atoms with Crippen molar-refractivity contribution in [1.29, 1.82) is 0 Å². The third-order valence-corrected chi connectivity index (χ3v) is 4.60. The molecule has 0 bridgehead atoms. The highest BCUT2D eigenvalue weighted by Crippen LogP contribution is 2.25. The third-order valence-electron chi connectivity index (χ3n) is 3.76. The molecule has 2 aromatic rings. The molecule has 0 fully saturated rings. The molecule has 2 rings (SSSR count). The van der Waals surface area contributed by atoms with Crippen molar-refractivity contribution in [3.8, 4) is 0 Å². The third kappa shape index (κ3) is 7.48. The number of carbonyl (C=O) groups is 1. The summed E-state index contributed by atoms with van der Waals surface area (Å²) in [5.74, 6) is 1.06. The predicted octanol–water partition coefficient (Wildman–Crippen LogP) is 3.74. The van der Waals surface area contributed by atoms with Gasteiger partial charge in [-0.15, -0.1) is 24.0 Å². The van der Waals surface area contributed by atoms with Crippen molar-refractivity contribution in [3.63, 3.8) is 0 Å². The van der Waals surface area contributed by atoms with Crippen LogP contribution in [0.4, 0.5) is 5.82 Å². The Kier molecular flexibility index (Phi) is 10.6. The zero-order valence-corrected chi connectivity index (χ0v) is 19.9. The van der Waals surface area contributed by atoms with E-state index in [0.29, 0.717) is 48.0 Å². The monoisotopic (exact) mass is 538 g/mol. The van der Waals surface area contributed by atoms with E-state index in [9.17, 15) is 4.79 Å². The minimum Gasteiger partial charge on any atom is -0.357 e. The van der Waals surface area contributed by atoms with Gasteiger partial charge in [-0.1, -0.05) is 29.3 Å². The van der Waals surface area contributed by atoms with Crippen LogP contribution in [0.25, 0.3) is 0 Å². The highest BCUT2D eigenvalue weighted by molar-refractivity contribution is 14.0. The van der Waals surface area contributed by atoms with Gasteiger partial charge in [-0.05, 0) is 32.0 Å². The van der Waals surface area contributed by atoms with Gasteiger partial charge in [-0.2, -0.15) is 0 Å². The largest absolute Gasteiger partial charge is 0.357 e. The highest BCUT2D eigenvalue weighted by Gasteiger charge is 2.09. The summed E-state index contributed by atoms with van der Waals surface area (Å²) in [6.45, 7) is 5.42. The Balaban J connectivity index is 0.00000392. The van der Waals surface area contributed by atoms with Gasteiger partial charge in [0.1, 0.15) is 11.0 Å². The second-order valence-electron chi connectivity index (χ2n) is 5.92. The van der Waals surface area contributed by atoms with Gasteiger partial charge in [0.05, 0.1) is 11.6 Å². The van der Waals surface area contributed by atoms with Gasteiger partial charge in [0.25, 0.3) is 0 Å². The van der Waals surface area contributed by atoms with Crippen LogP contribution in [-0.4, -0.2) is 34.5 Å². The fourth-order valence-electron chi connectivity index (χ4n) is 2.35. The molecule has 0 aliphatic heterocycles. The van der Waals surface area contributed by atoms with Gasteiger partial charge in [-0.3, -0.25) is 4.79 Å². The lowest BCUT2D eigenvalue weighted by molar-refractivity contribution is -0.116. The van der Waals surface area contributed by atoms with Crippen molar-refractivity contribution in [1.82, 2.24) is 20.2 Å². The van der Waals surface area contributed by atoms with Gasteiger partial charge in [0.2, 0.25) is 5.91 Å². The van der Waals surface area contributed by atoms with Crippen LogP contribution in [0.1, 0.15) is 24.7 Å². The van der Waals surface area contributed by atoms with Crippen LogP contribution in [0.3, 0.4) is 0 Å². The van der Waals surface area contributed by atoms with Crippen molar-refractivity contribution in [3.05, 3.63) is 45.8 Å². The average Bonchev–Trinajstić information content (AvgIpc) is 2.86. The van der Waals surface area contributed by atoms with Crippen molar-refractivity contribution in [2.45, 2.75) is 26.8 Å². The molecule has 0 aromatic carbocycles. The maximum absolute atomic E-state index is 12.0. The molecule has 1 amide bonds. The molecule has 7 nitrogen and oxygen atoms in total. The Morgan fingerprint density at radius 2 is 2.04 bits per heavy atom. The summed E-state index contributed by atoms with van der Waals surface area (Å²) in [5.41, 5.74) is 1.75. The van der Waals surface area contributed by atoms with E-state index in [1.807, 2.05) is 33.0 Å². The summed E-state index contributed by atoms with van der Waals surface area (Å²) in [4.78, 5) is 20.8. The summed E-state index contributed by atoms with van der Waals surface area (Å²) >= 11 is 12.1. The number of nitrogens with one attached hydrogen (secondary N) is 3. The molecule has 0 unspecified atom stereocenters. The molecule has 3 N–H and O–H groups in total. The topological polar surface area (TPSA) is 83.3 Å². The maximum atomic E-state index is 12.0. The normalized spacial score (nSPS) is 11.0. The second kappa shape index (κ2) is 12.1. The number of pyridine rings is 1. The van der Waals surface area contributed by atoms with Crippen LogP contribution in [0.5, 0.6) is 0 Å². The quantitative estimate of drug-likeness (QED) is 0.285. The number of amides is 1. The van der Waals surface area contributed by atoms with Crippen LogP contribution in [-0.2, 0) is 18.4 Å². The van der Waals surface area contributed by atoms with Crippen LogP contribution < -0.4 is 16.0 Å². The van der Waals surface area contributed by atoms with Crippen molar-refractivity contribution >= 4 is 64.9 Å². The number of guanidine groups is 1. The zero-order valence-electron chi connectivity index (χ0n) is 16.1. The van der Waals surface area contributed by atoms with Crippen molar-refractivity contribution in [2.75, 3.05) is 18.4 Å². The van der Waals surface area contributed by atoms with E-state index >= 15 is 0 Å². The van der Waals surface area contributed by atoms with E-state index in [1.54, 1.807) is 16.7 Å². The first-order valence-electron chi connectivity index (χ1n) is 8.66. The lowest BCUT2D eigenvalue weighted by Crippen LogP contribution is -2.38. The molecule has 0 saturated heterocycles. The number of carbonyl (C=O) groups excluding carboxylic acids is 1. The van der Waals surface area contributed by atoms with E-state index in [1.165, 1.54) is 0 Å². The number of hydrogen-bond donors (Lipinski definition) is 3. The molecule has 2 heterocycles. The maximum Gasteiger partial charge on any atom is 0.227 e. The summed E-state index contributed by atoms with van der Waals surface area (Å²) in [7, 11) is 1.84. The van der Waals surface area contributed by atoms with Gasteiger partial charge in [-0.25, -0.2) is 9.98 Å². The fraction of sp³-hybridized carbons (Fsp3) is 0.389. The first-order chi connectivity index (χ1) is 12.9. The summed E-state index contributed by atoms with van der Waals surface area (Å²) in [6.07, 6.45) is 0.293. The molecule has 0 spiro atoms. The van der Waals surface area contributed by atoms with E-state index < -0.39 is 0 Å². The first-order valence-corrected chi connectivity index (χ1v) is 9.41. The molecular weight excluding hydrogens is 514 g/mol. The van der Waals surface area contributed by atoms with Crippen LogP contribution >= 0.6 is 47.2 Å². The molecule has 0 radical (unpaired) electrons. The number of rotatable bonds is 7. The van der Waals surface area contributed by atoms with Gasteiger partial charge in [0, 0.05) is 37.9 Å². The summed E-state index contributed by atoms with van der Waals surface area (Å²) < 4.78 is 1.79. The second-order valence-corrected chi connectivity index (χ2v) is 6.68. The predicted molar refractivity (Wildman–Crippen MR) is 126 cm³/mol. The highest BCUT2D eigenvalue weighted by atomic mass is 127. The lowest BCUT2D eigenvalue weighted by Gasteiger charge is -2.11. The molecule has 154 valence electrons. The number of anilines is 1. The number of hydrogen-bond acceptors (Lipinski definition) is 3. The molecule has 0 atom stereocenters. The lowest BCUT2D eigenvalue weighted by atomic mass is 10.3. The van der Waals surface area contributed by atoms with Crippen molar-refractivity contribution < 1.29 is 4.79 Å². The molecule has 0 aliphatic rings. The van der Waals surface area contributed by atoms with E-state index in [0.717, 1.165) is 11.4 Å². The molecule has 0 aliphatic carbocycles.